The number of aliphatic hydroxyl groups is 1. The average Bonchev–Trinajstić information content (AvgIpc) is 2.86. The Bertz CT molecular complexity index is 1120. The second-order valence-corrected chi connectivity index (χ2v) is 10.4. The highest BCUT2D eigenvalue weighted by Gasteiger charge is 2.21. The molecule has 196 valence electrons. The molecular weight excluding hydrogens is 479 g/mol. The van der Waals surface area contributed by atoms with Gasteiger partial charge in [-0.1, -0.05) is 11.8 Å². The molecule has 36 heavy (non-hydrogen) atoms. The van der Waals surface area contributed by atoms with E-state index in [0.717, 1.165) is 30.1 Å². The molecular formula is C27H37N2O6P. The van der Waals surface area contributed by atoms with Crippen LogP contribution in [-0.4, -0.2) is 55.6 Å². The number of aliphatic hydroxyl groups excluding tert-OH is 1. The van der Waals surface area contributed by atoms with Crippen molar-refractivity contribution in [3.63, 3.8) is 0 Å². The third kappa shape index (κ3) is 8.67. The summed E-state index contributed by atoms with van der Waals surface area (Å²) in [6.45, 7) is 11.6. The molecule has 1 aromatic carbocycles. The van der Waals surface area contributed by atoms with Crippen molar-refractivity contribution in [2.75, 3.05) is 44.5 Å². The van der Waals surface area contributed by atoms with Crippen LogP contribution in [0.3, 0.4) is 0 Å². The van der Waals surface area contributed by atoms with Crippen LogP contribution in [0.4, 0.5) is 5.69 Å². The Hall–Kier alpha value is -2.85. The number of carbonyl (C=O) groups excluding carboxylic acids is 1. The predicted molar refractivity (Wildman–Crippen MR) is 142 cm³/mol. The van der Waals surface area contributed by atoms with Gasteiger partial charge >= 0.3 is 5.97 Å². The Morgan fingerprint density at radius 1 is 1.06 bits per heavy atom. The van der Waals surface area contributed by atoms with Gasteiger partial charge < -0.3 is 24.0 Å². The zero-order chi connectivity index (χ0) is 26.6. The third-order valence-electron chi connectivity index (χ3n) is 5.32. The van der Waals surface area contributed by atoms with Crippen LogP contribution in [0.1, 0.15) is 57.4 Å². The lowest BCUT2D eigenvalue weighted by Crippen LogP contribution is -2.22. The molecule has 1 heterocycles. The van der Waals surface area contributed by atoms with Crippen molar-refractivity contribution in [2.24, 2.45) is 0 Å². The van der Waals surface area contributed by atoms with E-state index in [4.69, 9.17) is 14.0 Å². The average molecular weight is 517 g/mol. The Kier molecular flexibility index (Phi) is 12.0. The number of aromatic nitrogens is 1. The van der Waals surface area contributed by atoms with Gasteiger partial charge in [-0.15, -0.1) is 0 Å². The first kappa shape index (κ1) is 29.4. The molecule has 0 aliphatic carbocycles. The van der Waals surface area contributed by atoms with Gasteiger partial charge in [0.2, 0.25) is 7.37 Å². The van der Waals surface area contributed by atoms with Crippen LogP contribution >= 0.6 is 7.37 Å². The number of benzene rings is 1. The van der Waals surface area contributed by atoms with E-state index >= 15 is 0 Å². The van der Waals surface area contributed by atoms with Gasteiger partial charge in [0.1, 0.15) is 11.2 Å². The predicted octanol–water partition coefficient (Wildman–Crippen LogP) is 4.11. The number of hydrogen-bond donors (Lipinski definition) is 1. The molecule has 0 aliphatic rings. The Morgan fingerprint density at radius 3 is 2.42 bits per heavy atom. The Morgan fingerprint density at radius 2 is 1.78 bits per heavy atom. The van der Waals surface area contributed by atoms with Crippen LogP contribution in [0.2, 0.25) is 0 Å². The molecule has 0 radical (unpaired) electrons. The van der Waals surface area contributed by atoms with Gasteiger partial charge in [0.15, 0.2) is 0 Å². The zero-order valence-corrected chi connectivity index (χ0v) is 22.8. The van der Waals surface area contributed by atoms with Gasteiger partial charge in [-0.05, 0) is 64.4 Å². The van der Waals surface area contributed by atoms with Gasteiger partial charge in [0, 0.05) is 37.3 Å². The van der Waals surface area contributed by atoms with E-state index in [1.54, 1.807) is 26.0 Å². The lowest BCUT2D eigenvalue weighted by atomic mass is 10.1. The van der Waals surface area contributed by atoms with Crippen LogP contribution < -0.4 is 15.1 Å². The highest BCUT2D eigenvalue weighted by atomic mass is 31.2. The van der Waals surface area contributed by atoms with Crippen LogP contribution in [0.5, 0.6) is 5.75 Å². The SMILES string of the molecule is CCOC(=O)CCCOc1ccc(C#Cc2cc(CO)nc(P(C)(=O)OCC)c2)cc1N(CC)CC. The monoisotopic (exact) mass is 516 g/mol. The first-order chi connectivity index (χ1) is 17.3. The van der Waals surface area contributed by atoms with Crippen LogP contribution in [0.15, 0.2) is 30.3 Å². The van der Waals surface area contributed by atoms with E-state index in [-0.39, 0.29) is 18.0 Å². The molecule has 9 heteroatoms. The minimum atomic E-state index is -3.11. The van der Waals surface area contributed by atoms with Crippen molar-refractivity contribution < 1.29 is 28.5 Å². The number of rotatable bonds is 13. The number of esters is 1. The van der Waals surface area contributed by atoms with Crippen LogP contribution in [-0.2, 0) is 25.2 Å². The summed E-state index contributed by atoms with van der Waals surface area (Å²) < 4.78 is 29.2. The van der Waals surface area contributed by atoms with Gasteiger partial charge in [-0.25, -0.2) is 4.98 Å². The minimum Gasteiger partial charge on any atom is -0.491 e. The summed E-state index contributed by atoms with van der Waals surface area (Å²) in [7, 11) is -3.11. The number of hydrogen-bond acceptors (Lipinski definition) is 8. The van der Waals surface area contributed by atoms with Gasteiger partial charge in [0.05, 0.1) is 37.8 Å². The molecule has 2 aromatic rings. The van der Waals surface area contributed by atoms with Crippen molar-refractivity contribution >= 4 is 24.5 Å². The second kappa shape index (κ2) is 14.6. The van der Waals surface area contributed by atoms with Gasteiger partial charge in [-0.3, -0.25) is 9.36 Å². The number of nitrogens with zero attached hydrogens (tertiary/aromatic N) is 2. The molecule has 8 nitrogen and oxygen atoms in total. The Labute approximate surface area is 214 Å². The van der Waals surface area contributed by atoms with Crippen molar-refractivity contribution in [1.29, 1.82) is 0 Å². The molecule has 0 bridgehead atoms. The largest absolute Gasteiger partial charge is 0.491 e. The number of carbonyl (C=O) groups is 1. The Balaban J connectivity index is 2.31. The first-order valence-electron chi connectivity index (χ1n) is 12.3. The molecule has 0 aliphatic heterocycles. The highest BCUT2D eigenvalue weighted by Crippen LogP contribution is 2.40. The standard InChI is InChI=1S/C27H37N2O6P/c1-6-29(7-2)24-18-21(14-15-25(24)34-16-10-11-27(31)33-8-3)12-13-22-17-23(20-30)28-26(19-22)36(5,32)35-9-4/h14-15,17-19,30H,6-11,16,20H2,1-5H3. The van der Waals surface area contributed by atoms with E-state index in [0.29, 0.717) is 43.9 Å². The molecule has 0 spiro atoms. The second-order valence-electron chi connectivity index (χ2n) is 7.99. The summed E-state index contributed by atoms with van der Waals surface area (Å²) >= 11 is 0. The summed E-state index contributed by atoms with van der Waals surface area (Å²) in [6, 6.07) is 9.06. The third-order valence-corrected chi connectivity index (χ3v) is 7.13. The molecule has 0 fully saturated rings. The van der Waals surface area contributed by atoms with Crippen molar-refractivity contribution in [3.8, 4) is 17.6 Å². The summed E-state index contributed by atoms with van der Waals surface area (Å²) in [5.41, 5.74) is 2.96. The van der Waals surface area contributed by atoms with Crippen molar-refractivity contribution in [1.82, 2.24) is 4.98 Å². The summed E-state index contributed by atoms with van der Waals surface area (Å²) in [5, 5.41) is 9.61. The molecule has 0 amide bonds. The minimum absolute atomic E-state index is 0.222. The molecule has 1 N–H and O–H groups in total. The number of ether oxygens (including phenoxy) is 2. The topological polar surface area (TPSA) is 98.2 Å². The maximum absolute atomic E-state index is 12.9. The number of pyridine rings is 1. The van der Waals surface area contributed by atoms with E-state index in [9.17, 15) is 14.5 Å². The first-order valence-corrected chi connectivity index (χ1v) is 14.4. The maximum Gasteiger partial charge on any atom is 0.305 e. The molecule has 1 atom stereocenters. The van der Waals surface area contributed by atoms with Crippen LogP contribution in [0.25, 0.3) is 0 Å². The lowest BCUT2D eigenvalue weighted by molar-refractivity contribution is -0.143. The maximum atomic E-state index is 12.9. The lowest BCUT2D eigenvalue weighted by Gasteiger charge is -2.24. The highest BCUT2D eigenvalue weighted by molar-refractivity contribution is 7.65. The quantitative estimate of drug-likeness (QED) is 0.184. The van der Waals surface area contributed by atoms with E-state index in [1.165, 1.54) is 6.66 Å². The normalized spacial score (nSPS) is 12.3. The molecule has 1 unspecified atom stereocenters. The fraction of sp³-hybridized carbons (Fsp3) is 0.481. The van der Waals surface area contributed by atoms with Gasteiger partial charge in [-0.2, -0.15) is 0 Å². The number of anilines is 1. The zero-order valence-electron chi connectivity index (χ0n) is 21.9. The van der Waals surface area contributed by atoms with E-state index in [1.807, 2.05) is 18.2 Å². The molecule has 2 rings (SSSR count). The van der Waals surface area contributed by atoms with Crippen LogP contribution in [0, 0.1) is 11.8 Å². The smallest absolute Gasteiger partial charge is 0.305 e. The fourth-order valence-electron chi connectivity index (χ4n) is 3.55. The fourth-order valence-corrected chi connectivity index (χ4v) is 4.86. The molecule has 1 aromatic heterocycles. The molecule has 0 saturated heterocycles. The summed E-state index contributed by atoms with van der Waals surface area (Å²) in [5.74, 6) is 6.76. The summed E-state index contributed by atoms with van der Waals surface area (Å²) in [4.78, 5) is 18.0. The van der Waals surface area contributed by atoms with Gasteiger partial charge in [0.25, 0.3) is 0 Å². The van der Waals surface area contributed by atoms with Crippen molar-refractivity contribution in [2.45, 2.75) is 47.1 Å². The van der Waals surface area contributed by atoms with Crippen molar-refractivity contribution in [3.05, 3.63) is 47.2 Å². The van der Waals surface area contributed by atoms with E-state index in [2.05, 4.69) is 35.6 Å². The van der Waals surface area contributed by atoms with E-state index < -0.39 is 7.37 Å². The molecule has 0 saturated carbocycles. The summed E-state index contributed by atoms with van der Waals surface area (Å²) in [6.07, 6.45) is 0.883.